The lowest BCUT2D eigenvalue weighted by molar-refractivity contribution is 0.0884. The van der Waals surface area contributed by atoms with Crippen LogP contribution < -0.4 is 4.74 Å². The molecule has 0 saturated carbocycles. The smallest absolute Gasteiger partial charge is 0.165 e. The highest BCUT2D eigenvalue weighted by atomic mass is 19.1. The van der Waals surface area contributed by atoms with Crippen molar-refractivity contribution in [3.8, 4) is 5.75 Å². The molecule has 3 nitrogen and oxygen atoms in total. The Hall–Kier alpha value is -1.13. The molecule has 1 N–H and O–H groups in total. The highest BCUT2D eigenvalue weighted by Crippen LogP contribution is 2.23. The minimum atomic E-state index is -0.702. The van der Waals surface area contributed by atoms with Crippen molar-refractivity contribution >= 4 is 0 Å². The van der Waals surface area contributed by atoms with Crippen LogP contribution in [0.5, 0.6) is 5.75 Å². The van der Waals surface area contributed by atoms with Crippen molar-refractivity contribution in [3.05, 3.63) is 29.6 Å². The Kier molecular flexibility index (Phi) is 5.22. The first kappa shape index (κ1) is 12.9. The molecule has 90 valence electrons. The Bertz CT molecular complexity index is 328. The van der Waals surface area contributed by atoms with Gasteiger partial charge in [0.1, 0.15) is 0 Å². The third kappa shape index (κ3) is 3.47. The minimum absolute atomic E-state index is 0.181. The van der Waals surface area contributed by atoms with Gasteiger partial charge in [0.05, 0.1) is 13.2 Å². The zero-order chi connectivity index (χ0) is 12.0. The molecule has 0 aromatic heterocycles. The molecule has 1 aromatic carbocycles. The van der Waals surface area contributed by atoms with E-state index in [9.17, 15) is 9.50 Å². The van der Waals surface area contributed by atoms with Crippen LogP contribution in [-0.4, -0.2) is 25.4 Å². The second-order valence-electron chi connectivity index (χ2n) is 3.40. The predicted molar refractivity (Wildman–Crippen MR) is 59.0 cm³/mol. The van der Waals surface area contributed by atoms with Gasteiger partial charge >= 0.3 is 0 Å². The van der Waals surface area contributed by atoms with Crippen LogP contribution in [0.25, 0.3) is 0 Å². The molecular weight excluding hydrogens is 211 g/mol. The Morgan fingerprint density at radius 3 is 2.75 bits per heavy atom. The number of benzene rings is 1. The summed E-state index contributed by atoms with van der Waals surface area (Å²) in [5.41, 5.74) is 0.540. The van der Waals surface area contributed by atoms with Gasteiger partial charge in [0.25, 0.3) is 0 Å². The standard InChI is InChI=1S/C12H17FO3/c1-3-16-7-6-11(14)9-4-5-12(15-2)10(13)8-9/h4-5,8,11,14H,3,6-7H2,1-2H3. The topological polar surface area (TPSA) is 38.7 Å². The van der Waals surface area contributed by atoms with E-state index >= 15 is 0 Å². The zero-order valence-corrected chi connectivity index (χ0v) is 9.57. The van der Waals surface area contributed by atoms with Crippen molar-refractivity contribution in [1.82, 2.24) is 0 Å². The van der Waals surface area contributed by atoms with E-state index < -0.39 is 11.9 Å². The summed E-state index contributed by atoms with van der Waals surface area (Å²) >= 11 is 0. The maximum absolute atomic E-state index is 13.3. The third-order valence-electron chi connectivity index (χ3n) is 2.30. The number of aliphatic hydroxyl groups excluding tert-OH is 1. The summed E-state index contributed by atoms with van der Waals surface area (Å²) in [7, 11) is 1.41. The van der Waals surface area contributed by atoms with Crippen LogP contribution in [0.3, 0.4) is 0 Å². The normalized spacial score (nSPS) is 12.5. The minimum Gasteiger partial charge on any atom is -0.494 e. The van der Waals surface area contributed by atoms with E-state index in [1.54, 1.807) is 6.07 Å². The lowest BCUT2D eigenvalue weighted by Crippen LogP contribution is -2.04. The quantitative estimate of drug-likeness (QED) is 0.759. The van der Waals surface area contributed by atoms with Crippen LogP contribution in [0.15, 0.2) is 18.2 Å². The summed E-state index contributed by atoms with van der Waals surface area (Å²) in [6.45, 7) is 2.97. The van der Waals surface area contributed by atoms with Gasteiger partial charge in [-0.3, -0.25) is 0 Å². The molecule has 0 saturated heterocycles. The van der Waals surface area contributed by atoms with E-state index in [1.165, 1.54) is 19.2 Å². The van der Waals surface area contributed by atoms with Gasteiger partial charge < -0.3 is 14.6 Å². The van der Waals surface area contributed by atoms with E-state index in [2.05, 4.69) is 0 Å². The summed E-state index contributed by atoms with van der Waals surface area (Å²) in [5.74, 6) is -0.281. The zero-order valence-electron chi connectivity index (χ0n) is 9.57. The van der Waals surface area contributed by atoms with Gasteiger partial charge in [-0.05, 0) is 24.6 Å². The highest BCUT2D eigenvalue weighted by molar-refractivity contribution is 5.30. The number of rotatable bonds is 6. The molecule has 0 amide bonds. The van der Waals surface area contributed by atoms with Gasteiger partial charge in [-0.1, -0.05) is 6.07 Å². The molecule has 0 aliphatic heterocycles. The van der Waals surface area contributed by atoms with E-state index in [1.807, 2.05) is 6.92 Å². The van der Waals surface area contributed by atoms with Crippen LogP contribution in [-0.2, 0) is 4.74 Å². The van der Waals surface area contributed by atoms with Crippen LogP contribution in [0.1, 0.15) is 25.0 Å². The van der Waals surface area contributed by atoms with E-state index in [-0.39, 0.29) is 5.75 Å². The number of hydrogen-bond acceptors (Lipinski definition) is 3. The van der Waals surface area contributed by atoms with Crippen molar-refractivity contribution in [1.29, 1.82) is 0 Å². The van der Waals surface area contributed by atoms with Gasteiger partial charge in [0.2, 0.25) is 0 Å². The molecule has 4 heteroatoms. The molecule has 1 unspecified atom stereocenters. The van der Waals surface area contributed by atoms with Crippen LogP contribution >= 0.6 is 0 Å². The van der Waals surface area contributed by atoms with Crippen molar-refractivity contribution in [3.63, 3.8) is 0 Å². The van der Waals surface area contributed by atoms with E-state index in [0.29, 0.717) is 25.2 Å². The van der Waals surface area contributed by atoms with Gasteiger partial charge in [-0.2, -0.15) is 0 Å². The highest BCUT2D eigenvalue weighted by Gasteiger charge is 2.10. The molecule has 0 spiro atoms. The number of methoxy groups -OCH3 is 1. The fraction of sp³-hybridized carbons (Fsp3) is 0.500. The van der Waals surface area contributed by atoms with Gasteiger partial charge in [0.15, 0.2) is 11.6 Å². The molecule has 0 radical (unpaired) electrons. The number of hydrogen-bond donors (Lipinski definition) is 1. The summed E-state index contributed by atoms with van der Waals surface area (Å²) in [6, 6.07) is 4.45. The van der Waals surface area contributed by atoms with Crippen molar-refractivity contribution in [2.75, 3.05) is 20.3 Å². The molecule has 0 aliphatic rings. The maximum Gasteiger partial charge on any atom is 0.165 e. The molecule has 0 fully saturated rings. The third-order valence-corrected chi connectivity index (χ3v) is 2.30. The van der Waals surface area contributed by atoms with Crippen molar-refractivity contribution in [2.24, 2.45) is 0 Å². The number of halogens is 1. The maximum atomic E-state index is 13.3. The Balaban J connectivity index is 2.62. The largest absolute Gasteiger partial charge is 0.494 e. The van der Waals surface area contributed by atoms with Crippen molar-refractivity contribution < 1.29 is 19.0 Å². The first-order valence-corrected chi connectivity index (χ1v) is 5.28. The second kappa shape index (κ2) is 6.45. The first-order chi connectivity index (χ1) is 7.69. The van der Waals surface area contributed by atoms with Gasteiger partial charge in [-0.15, -0.1) is 0 Å². The molecule has 0 heterocycles. The van der Waals surface area contributed by atoms with Crippen LogP contribution in [0.4, 0.5) is 4.39 Å². The summed E-state index contributed by atoms with van der Waals surface area (Å²) < 4.78 is 23.3. The Morgan fingerprint density at radius 1 is 1.44 bits per heavy atom. The summed E-state index contributed by atoms with van der Waals surface area (Å²) in [4.78, 5) is 0. The van der Waals surface area contributed by atoms with Crippen LogP contribution in [0, 0.1) is 5.82 Å². The SMILES string of the molecule is CCOCCC(O)c1ccc(OC)c(F)c1. The predicted octanol–water partition coefficient (Wildman–Crippen LogP) is 2.29. The van der Waals surface area contributed by atoms with Gasteiger partial charge in [-0.25, -0.2) is 4.39 Å². The average Bonchev–Trinajstić information content (AvgIpc) is 2.29. The van der Waals surface area contributed by atoms with E-state index in [4.69, 9.17) is 9.47 Å². The average molecular weight is 228 g/mol. The molecule has 1 atom stereocenters. The molecule has 1 aromatic rings. The Morgan fingerprint density at radius 2 is 2.19 bits per heavy atom. The monoisotopic (exact) mass is 228 g/mol. The fourth-order valence-corrected chi connectivity index (χ4v) is 1.40. The summed E-state index contributed by atoms with van der Waals surface area (Å²) in [5, 5.41) is 9.75. The van der Waals surface area contributed by atoms with Crippen LogP contribution in [0.2, 0.25) is 0 Å². The first-order valence-electron chi connectivity index (χ1n) is 5.28. The Labute approximate surface area is 94.8 Å². The molecule has 16 heavy (non-hydrogen) atoms. The molecule has 1 rings (SSSR count). The van der Waals surface area contributed by atoms with Gasteiger partial charge in [0, 0.05) is 19.6 Å². The molecule has 0 bridgehead atoms. The van der Waals surface area contributed by atoms with Crippen molar-refractivity contribution in [2.45, 2.75) is 19.4 Å². The van der Waals surface area contributed by atoms with E-state index in [0.717, 1.165) is 0 Å². The number of ether oxygens (including phenoxy) is 2. The fourth-order valence-electron chi connectivity index (χ4n) is 1.40. The lowest BCUT2D eigenvalue weighted by Gasteiger charge is -2.12. The molecule has 0 aliphatic carbocycles. The number of aliphatic hydroxyl groups is 1. The lowest BCUT2D eigenvalue weighted by atomic mass is 10.1. The summed E-state index contributed by atoms with van der Waals surface area (Å²) in [6.07, 6.45) is -0.244. The molecular formula is C12H17FO3. The second-order valence-corrected chi connectivity index (χ2v) is 3.40.